The van der Waals surface area contributed by atoms with Gasteiger partial charge in [-0.2, -0.15) is 0 Å². The van der Waals surface area contributed by atoms with E-state index in [0.29, 0.717) is 29.2 Å². The van der Waals surface area contributed by atoms with Gasteiger partial charge in [0.1, 0.15) is 11.5 Å². The number of rotatable bonds is 9. The van der Waals surface area contributed by atoms with Crippen LogP contribution in [0.15, 0.2) is 48.5 Å². The summed E-state index contributed by atoms with van der Waals surface area (Å²) < 4.78 is 10.9. The number of amides is 2. The zero-order chi connectivity index (χ0) is 19.5. The molecule has 0 heterocycles. The van der Waals surface area contributed by atoms with Crippen molar-refractivity contribution in [1.82, 2.24) is 10.9 Å². The van der Waals surface area contributed by atoms with Gasteiger partial charge in [0.05, 0.1) is 24.8 Å². The lowest BCUT2D eigenvalue weighted by Crippen LogP contribution is -2.41. The van der Waals surface area contributed by atoms with Crippen molar-refractivity contribution in [3.05, 3.63) is 59.7 Å². The molecule has 0 aliphatic heterocycles. The average molecular weight is 370 g/mol. The van der Waals surface area contributed by atoms with Crippen molar-refractivity contribution in [1.29, 1.82) is 0 Å². The molecule has 0 aromatic heterocycles. The molecule has 0 aliphatic carbocycles. The van der Waals surface area contributed by atoms with Crippen LogP contribution in [0.5, 0.6) is 11.5 Å². The quantitative estimate of drug-likeness (QED) is 0.521. The fourth-order valence-electron chi connectivity index (χ4n) is 2.57. The van der Waals surface area contributed by atoms with E-state index in [1.807, 2.05) is 6.07 Å². The number of unbranched alkanes of at least 4 members (excludes halogenated alkanes) is 3. The van der Waals surface area contributed by atoms with Gasteiger partial charge >= 0.3 is 0 Å². The highest BCUT2D eigenvalue weighted by molar-refractivity contribution is 6.01. The van der Waals surface area contributed by atoms with Gasteiger partial charge in [0.2, 0.25) is 0 Å². The second-order valence-electron chi connectivity index (χ2n) is 6.01. The molecule has 0 atom stereocenters. The van der Waals surface area contributed by atoms with E-state index in [-0.39, 0.29) is 0 Å². The van der Waals surface area contributed by atoms with Crippen molar-refractivity contribution in [3.8, 4) is 11.5 Å². The molecule has 0 radical (unpaired) electrons. The maximum atomic E-state index is 12.5. The third-order valence-electron chi connectivity index (χ3n) is 4.03. The zero-order valence-electron chi connectivity index (χ0n) is 15.8. The summed E-state index contributed by atoms with van der Waals surface area (Å²) in [6, 6.07) is 13.8. The Morgan fingerprint density at radius 3 is 1.96 bits per heavy atom. The molecule has 0 saturated carbocycles. The molecule has 2 rings (SSSR count). The van der Waals surface area contributed by atoms with Gasteiger partial charge in [-0.15, -0.1) is 0 Å². The van der Waals surface area contributed by atoms with Crippen LogP contribution in [0.3, 0.4) is 0 Å². The van der Waals surface area contributed by atoms with E-state index in [4.69, 9.17) is 9.47 Å². The first-order valence-corrected chi connectivity index (χ1v) is 9.13. The number of hydrazine groups is 1. The lowest BCUT2D eigenvalue weighted by molar-refractivity contribution is 0.0842. The predicted octanol–water partition coefficient (Wildman–Crippen LogP) is 3.73. The van der Waals surface area contributed by atoms with Crippen molar-refractivity contribution in [2.75, 3.05) is 13.7 Å². The predicted molar refractivity (Wildman–Crippen MR) is 104 cm³/mol. The molecule has 0 bridgehead atoms. The Morgan fingerprint density at radius 1 is 0.815 bits per heavy atom. The summed E-state index contributed by atoms with van der Waals surface area (Å²) in [6.45, 7) is 2.71. The summed E-state index contributed by atoms with van der Waals surface area (Å²) in [4.78, 5) is 24.7. The zero-order valence-corrected chi connectivity index (χ0v) is 15.8. The molecular formula is C21H26N2O4. The van der Waals surface area contributed by atoms with Gasteiger partial charge < -0.3 is 9.47 Å². The number of methoxy groups -OCH3 is 1. The average Bonchev–Trinajstić information content (AvgIpc) is 2.71. The van der Waals surface area contributed by atoms with Crippen molar-refractivity contribution in [2.45, 2.75) is 32.6 Å². The van der Waals surface area contributed by atoms with Crippen LogP contribution < -0.4 is 20.3 Å². The van der Waals surface area contributed by atoms with Gasteiger partial charge in [-0.25, -0.2) is 0 Å². The van der Waals surface area contributed by atoms with Gasteiger partial charge in [-0.3, -0.25) is 20.4 Å². The SMILES string of the molecule is CCCCCCOc1ccccc1C(=O)NNC(=O)c1ccccc1OC. The Morgan fingerprint density at radius 2 is 1.37 bits per heavy atom. The van der Waals surface area contributed by atoms with E-state index in [1.165, 1.54) is 13.5 Å². The van der Waals surface area contributed by atoms with Crippen LogP contribution in [0.25, 0.3) is 0 Å². The molecule has 2 aromatic carbocycles. The minimum absolute atomic E-state index is 0.334. The normalized spacial score (nSPS) is 10.1. The van der Waals surface area contributed by atoms with Crippen LogP contribution in [0.4, 0.5) is 0 Å². The van der Waals surface area contributed by atoms with E-state index in [0.717, 1.165) is 19.3 Å². The third-order valence-corrected chi connectivity index (χ3v) is 4.03. The minimum atomic E-state index is -0.459. The van der Waals surface area contributed by atoms with Crippen LogP contribution in [0, 0.1) is 0 Å². The number of benzene rings is 2. The summed E-state index contributed by atoms with van der Waals surface area (Å²) >= 11 is 0. The van der Waals surface area contributed by atoms with Crippen LogP contribution in [-0.4, -0.2) is 25.5 Å². The number of para-hydroxylation sites is 2. The molecule has 0 saturated heterocycles. The lowest BCUT2D eigenvalue weighted by atomic mass is 10.2. The van der Waals surface area contributed by atoms with E-state index in [2.05, 4.69) is 17.8 Å². The summed E-state index contributed by atoms with van der Waals surface area (Å²) in [5.74, 6) is 0.0271. The van der Waals surface area contributed by atoms with Crippen LogP contribution in [-0.2, 0) is 0 Å². The second-order valence-corrected chi connectivity index (χ2v) is 6.01. The van der Waals surface area contributed by atoms with Crippen LogP contribution >= 0.6 is 0 Å². The Bertz CT molecular complexity index is 761. The van der Waals surface area contributed by atoms with Crippen molar-refractivity contribution in [2.24, 2.45) is 0 Å². The molecule has 0 fully saturated rings. The lowest BCUT2D eigenvalue weighted by Gasteiger charge is -2.13. The van der Waals surface area contributed by atoms with E-state index >= 15 is 0 Å². The largest absolute Gasteiger partial charge is 0.496 e. The summed E-state index contributed by atoms with van der Waals surface area (Å²) in [6.07, 6.45) is 4.36. The van der Waals surface area contributed by atoms with Gasteiger partial charge in [0, 0.05) is 0 Å². The highest BCUT2D eigenvalue weighted by Gasteiger charge is 2.15. The molecule has 6 nitrogen and oxygen atoms in total. The molecule has 0 aliphatic rings. The second kappa shape index (κ2) is 10.9. The highest BCUT2D eigenvalue weighted by atomic mass is 16.5. The first-order valence-electron chi connectivity index (χ1n) is 9.13. The molecule has 2 amide bonds. The fraction of sp³-hybridized carbons (Fsp3) is 0.333. The Balaban J connectivity index is 1.94. The van der Waals surface area contributed by atoms with Crippen molar-refractivity contribution in [3.63, 3.8) is 0 Å². The van der Waals surface area contributed by atoms with Gasteiger partial charge in [0.15, 0.2) is 0 Å². The fourth-order valence-corrected chi connectivity index (χ4v) is 2.57. The highest BCUT2D eigenvalue weighted by Crippen LogP contribution is 2.19. The number of carbonyl (C=O) groups is 2. The summed E-state index contributed by atoms with van der Waals surface area (Å²) in [7, 11) is 1.48. The Labute approximate surface area is 159 Å². The third kappa shape index (κ3) is 6.02. The molecule has 2 N–H and O–H groups in total. The van der Waals surface area contributed by atoms with E-state index in [9.17, 15) is 9.59 Å². The van der Waals surface area contributed by atoms with Crippen LogP contribution in [0.1, 0.15) is 53.3 Å². The minimum Gasteiger partial charge on any atom is -0.496 e. The Hall–Kier alpha value is -3.02. The monoisotopic (exact) mass is 370 g/mol. The molecule has 27 heavy (non-hydrogen) atoms. The molecule has 0 unspecified atom stereocenters. The molecule has 144 valence electrons. The van der Waals surface area contributed by atoms with E-state index < -0.39 is 11.8 Å². The molecule has 6 heteroatoms. The van der Waals surface area contributed by atoms with Crippen LogP contribution in [0.2, 0.25) is 0 Å². The topological polar surface area (TPSA) is 76.7 Å². The Kier molecular flexibility index (Phi) is 8.16. The smallest absolute Gasteiger partial charge is 0.273 e. The van der Waals surface area contributed by atoms with E-state index in [1.54, 1.807) is 42.5 Å². The number of carbonyl (C=O) groups excluding carboxylic acids is 2. The first-order chi connectivity index (χ1) is 13.2. The van der Waals surface area contributed by atoms with Crippen molar-refractivity contribution < 1.29 is 19.1 Å². The standard InChI is InChI=1S/C21H26N2O4/c1-3-4-5-10-15-27-19-14-9-7-12-17(19)21(25)23-22-20(24)16-11-6-8-13-18(16)26-2/h6-9,11-14H,3-5,10,15H2,1-2H3,(H,22,24)(H,23,25). The summed E-state index contributed by atoms with van der Waals surface area (Å²) in [5.41, 5.74) is 5.54. The number of nitrogens with one attached hydrogen (secondary N) is 2. The molecule has 2 aromatic rings. The molecule has 0 spiro atoms. The number of ether oxygens (including phenoxy) is 2. The molecular weight excluding hydrogens is 344 g/mol. The maximum absolute atomic E-state index is 12.5. The number of hydrogen-bond acceptors (Lipinski definition) is 4. The first kappa shape index (κ1) is 20.3. The maximum Gasteiger partial charge on any atom is 0.273 e. The number of hydrogen-bond donors (Lipinski definition) is 2. The van der Waals surface area contributed by atoms with Crippen molar-refractivity contribution >= 4 is 11.8 Å². The van der Waals surface area contributed by atoms with Gasteiger partial charge in [0.25, 0.3) is 11.8 Å². The summed E-state index contributed by atoms with van der Waals surface area (Å²) in [5, 5.41) is 0. The van der Waals surface area contributed by atoms with Gasteiger partial charge in [-0.1, -0.05) is 50.5 Å². The van der Waals surface area contributed by atoms with Gasteiger partial charge in [-0.05, 0) is 30.7 Å².